The highest BCUT2D eigenvalue weighted by Gasteiger charge is 2.40. The van der Waals surface area contributed by atoms with Crippen LogP contribution in [0.1, 0.15) is 79.4 Å². The number of carbonyl (C=O) groups excluding carboxylic acids is 2. The molecule has 2 aliphatic rings. The van der Waals surface area contributed by atoms with E-state index in [1.807, 2.05) is 55.5 Å². The van der Waals surface area contributed by atoms with Gasteiger partial charge in [-0.2, -0.15) is 0 Å². The zero-order chi connectivity index (χ0) is 30.2. The van der Waals surface area contributed by atoms with Crippen molar-refractivity contribution in [3.8, 4) is 0 Å². The minimum Gasteiger partial charge on any atom is -0.355 e. The van der Waals surface area contributed by atoms with Crippen molar-refractivity contribution in [2.45, 2.75) is 69.4 Å². The highest BCUT2D eigenvalue weighted by molar-refractivity contribution is 6.42. The highest BCUT2D eigenvalue weighted by Crippen LogP contribution is 2.40. The van der Waals surface area contributed by atoms with Gasteiger partial charge in [-0.1, -0.05) is 103 Å². The molecule has 2 heterocycles. The maximum Gasteiger partial charge on any atom is 0.219 e. The van der Waals surface area contributed by atoms with Gasteiger partial charge in [0.15, 0.2) is 5.78 Å². The van der Waals surface area contributed by atoms with Gasteiger partial charge in [-0.25, -0.2) is 0 Å². The molecule has 5 nitrogen and oxygen atoms in total. The summed E-state index contributed by atoms with van der Waals surface area (Å²) in [6, 6.07) is 26.0. The Morgan fingerprint density at radius 2 is 1.47 bits per heavy atom. The van der Waals surface area contributed by atoms with E-state index in [4.69, 9.17) is 23.2 Å². The molecule has 0 aliphatic carbocycles. The maximum absolute atomic E-state index is 14.1. The molecule has 43 heavy (non-hydrogen) atoms. The zero-order valence-electron chi connectivity index (χ0n) is 25.1. The van der Waals surface area contributed by atoms with Crippen molar-refractivity contribution in [2.24, 2.45) is 0 Å². The molecule has 1 N–H and O–H groups in total. The molecule has 0 radical (unpaired) electrons. The van der Waals surface area contributed by atoms with Gasteiger partial charge in [0.25, 0.3) is 0 Å². The lowest BCUT2D eigenvalue weighted by molar-refractivity contribution is -0.121. The summed E-state index contributed by atoms with van der Waals surface area (Å²) in [5, 5.41) is 4.26. The van der Waals surface area contributed by atoms with Crippen LogP contribution in [0.15, 0.2) is 78.9 Å². The third-order valence-electron chi connectivity index (χ3n) is 9.49. The lowest BCUT2D eigenvalue weighted by Crippen LogP contribution is -2.51. The molecule has 2 saturated heterocycles. The summed E-state index contributed by atoms with van der Waals surface area (Å²) in [4.78, 5) is 31.4. The fourth-order valence-electron chi connectivity index (χ4n) is 6.89. The van der Waals surface area contributed by atoms with Crippen LogP contribution in [-0.4, -0.2) is 60.3 Å². The van der Waals surface area contributed by atoms with Crippen molar-refractivity contribution < 1.29 is 9.59 Å². The summed E-state index contributed by atoms with van der Waals surface area (Å²) in [6.45, 7) is 6.07. The molecule has 2 unspecified atom stereocenters. The quantitative estimate of drug-likeness (QED) is 0.223. The van der Waals surface area contributed by atoms with E-state index >= 15 is 0 Å². The Hall–Kier alpha value is -2.70. The van der Waals surface area contributed by atoms with E-state index in [1.165, 1.54) is 12.0 Å². The van der Waals surface area contributed by atoms with E-state index in [0.29, 0.717) is 29.4 Å². The summed E-state index contributed by atoms with van der Waals surface area (Å²) in [5.41, 5.74) is 2.97. The van der Waals surface area contributed by atoms with Crippen LogP contribution in [0.3, 0.4) is 0 Å². The molecular weight excluding hydrogens is 577 g/mol. The van der Waals surface area contributed by atoms with Crippen LogP contribution in [-0.2, 0) is 10.2 Å². The Labute approximate surface area is 266 Å². The van der Waals surface area contributed by atoms with Gasteiger partial charge in [-0.3, -0.25) is 19.4 Å². The Kier molecular flexibility index (Phi) is 11.0. The molecule has 0 spiro atoms. The van der Waals surface area contributed by atoms with Crippen LogP contribution in [0.4, 0.5) is 0 Å². The SMILES string of the molecule is CCC(=O)NCC1(c2ccccc2)CCN(C(CC(C(=O)c2ccccc2)N2CCCCC2)c2ccc(Cl)c(Cl)c2)CC1. The van der Waals surface area contributed by atoms with Crippen LogP contribution in [0.2, 0.25) is 10.0 Å². The summed E-state index contributed by atoms with van der Waals surface area (Å²) < 4.78 is 0. The molecule has 3 aromatic rings. The standard InChI is InChI=1S/C36H43Cl2N3O2/c1-2-34(42)39-26-36(29-14-8-4-9-15-29)18-22-41(23-19-36)32(28-16-17-30(37)31(38)24-28)25-33(40-20-10-5-11-21-40)35(43)27-12-6-3-7-13-27/h3-4,6-9,12-17,24,32-33H,2,5,10-11,18-23,25-26H2,1H3,(H,39,42). The monoisotopic (exact) mass is 619 g/mol. The molecule has 7 heteroatoms. The smallest absolute Gasteiger partial charge is 0.219 e. The third-order valence-corrected chi connectivity index (χ3v) is 10.2. The second-order valence-electron chi connectivity index (χ2n) is 12.1. The van der Waals surface area contributed by atoms with Crippen molar-refractivity contribution in [3.05, 3.63) is 106 Å². The lowest BCUT2D eigenvalue weighted by Gasteiger charge is -2.46. The number of amides is 1. The minimum absolute atomic E-state index is 0.00615. The molecule has 0 aromatic heterocycles. The highest BCUT2D eigenvalue weighted by atomic mass is 35.5. The normalized spacial score (nSPS) is 19.0. The zero-order valence-corrected chi connectivity index (χ0v) is 26.6. The molecule has 228 valence electrons. The summed E-state index contributed by atoms with van der Waals surface area (Å²) >= 11 is 12.9. The number of rotatable bonds is 11. The Morgan fingerprint density at radius 1 is 0.814 bits per heavy atom. The second-order valence-corrected chi connectivity index (χ2v) is 12.9. The van der Waals surface area contributed by atoms with E-state index in [1.54, 1.807) is 0 Å². The van der Waals surface area contributed by atoms with Crippen molar-refractivity contribution in [1.82, 2.24) is 15.1 Å². The fraction of sp³-hybridized carbons (Fsp3) is 0.444. The number of nitrogens with zero attached hydrogens (tertiary/aromatic N) is 2. The van der Waals surface area contributed by atoms with E-state index in [2.05, 4.69) is 45.4 Å². The number of Topliss-reactive ketones (excluding diaryl/α,β-unsaturated/α-hetero) is 1. The molecule has 1 amide bonds. The minimum atomic E-state index is -0.230. The van der Waals surface area contributed by atoms with Gasteiger partial charge in [0.05, 0.1) is 16.1 Å². The predicted molar refractivity (Wildman–Crippen MR) is 176 cm³/mol. The fourth-order valence-corrected chi connectivity index (χ4v) is 7.20. The number of likely N-dealkylation sites (tertiary alicyclic amines) is 2. The van der Waals surface area contributed by atoms with Gasteiger partial charge >= 0.3 is 0 Å². The average molecular weight is 621 g/mol. The number of hydrogen-bond acceptors (Lipinski definition) is 4. The van der Waals surface area contributed by atoms with Crippen LogP contribution < -0.4 is 5.32 Å². The van der Waals surface area contributed by atoms with Gasteiger partial charge < -0.3 is 5.32 Å². The van der Waals surface area contributed by atoms with Gasteiger partial charge in [0.2, 0.25) is 5.91 Å². The van der Waals surface area contributed by atoms with Gasteiger partial charge in [0.1, 0.15) is 0 Å². The first-order chi connectivity index (χ1) is 20.9. The molecule has 2 fully saturated rings. The molecule has 0 bridgehead atoms. The third kappa shape index (κ3) is 7.69. The summed E-state index contributed by atoms with van der Waals surface area (Å²) in [5.74, 6) is 0.265. The van der Waals surface area contributed by atoms with Gasteiger partial charge in [0, 0.05) is 30.0 Å². The predicted octanol–water partition coefficient (Wildman–Crippen LogP) is 7.72. The maximum atomic E-state index is 14.1. The number of carbonyl (C=O) groups is 2. The van der Waals surface area contributed by atoms with E-state index in [9.17, 15) is 9.59 Å². The van der Waals surface area contributed by atoms with Crippen LogP contribution in [0.25, 0.3) is 0 Å². The largest absolute Gasteiger partial charge is 0.355 e. The summed E-state index contributed by atoms with van der Waals surface area (Å²) in [6.07, 6.45) is 6.40. The summed E-state index contributed by atoms with van der Waals surface area (Å²) in [7, 11) is 0. The molecule has 2 aliphatic heterocycles. The van der Waals surface area contributed by atoms with Crippen molar-refractivity contribution >= 4 is 34.9 Å². The van der Waals surface area contributed by atoms with E-state index < -0.39 is 0 Å². The Balaban J connectivity index is 1.45. The number of ketones is 1. The number of halogens is 2. The second kappa shape index (κ2) is 14.9. The number of nitrogens with one attached hydrogen (secondary N) is 1. The van der Waals surface area contributed by atoms with Crippen molar-refractivity contribution in [3.63, 3.8) is 0 Å². The molecule has 3 aromatic carbocycles. The first kappa shape index (κ1) is 31.7. The first-order valence-electron chi connectivity index (χ1n) is 15.7. The molecular formula is C36H43Cl2N3O2. The topological polar surface area (TPSA) is 52.7 Å². The number of hydrogen-bond donors (Lipinski definition) is 1. The Morgan fingerprint density at radius 3 is 2.09 bits per heavy atom. The first-order valence-corrected chi connectivity index (χ1v) is 16.5. The van der Waals surface area contributed by atoms with Crippen molar-refractivity contribution in [1.29, 1.82) is 0 Å². The number of piperidine rings is 2. The van der Waals surface area contributed by atoms with Gasteiger partial charge in [-0.05, 0) is 81.5 Å². The van der Waals surface area contributed by atoms with Gasteiger partial charge in [-0.15, -0.1) is 0 Å². The lowest BCUT2D eigenvalue weighted by atomic mass is 9.72. The average Bonchev–Trinajstić information content (AvgIpc) is 3.07. The van der Waals surface area contributed by atoms with E-state index in [0.717, 1.165) is 63.0 Å². The van der Waals surface area contributed by atoms with Crippen LogP contribution in [0.5, 0.6) is 0 Å². The Bertz CT molecular complexity index is 1350. The molecule has 2 atom stereocenters. The van der Waals surface area contributed by atoms with Crippen molar-refractivity contribution in [2.75, 3.05) is 32.7 Å². The molecule has 0 saturated carbocycles. The van der Waals surface area contributed by atoms with E-state index in [-0.39, 0.29) is 29.2 Å². The van der Waals surface area contributed by atoms with Crippen LogP contribution >= 0.6 is 23.2 Å². The number of benzene rings is 3. The molecule has 5 rings (SSSR count). The van der Waals surface area contributed by atoms with Crippen LogP contribution in [0, 0.1) is 0 Å².